The Morgan fingerprint density at radius 2 is 1.76 bits per heavy atom. The minimum atomic E-state index is -1.44. The maximum atomic E-state index is 13.9. The Kier molecular flexibility index (Phi) is 4.41. The minimum Gasteiger partial charge on any atom is -0.388 e. The van der Waals surface area contributed by atoms with E-state index in [1.165, 1.54) is 28.4 Å². The van der Waals surface area contributed by atoms with E-state index in [4.69, 9.17) is 0 Å². The lowest BCUT2D eigenvalue weighted by Gasteiger charge is -2.48. The number of anilines is 1. The van der Waals surface area contributed by atoms with Crippen LogP contribution in [0, 0.1) is 0 Å². The van der Waals surface area contributed by atoms with Gasteiger partial charge in [-0.05, 0) is 35.8 Å². The highest BCUT2D eigenvalue weighted by Crippen LogP contribution is 2.62. The smallest absolute Gasteiger partial charge is 0.263 e. The predicted molar refractivity (Wildman–Crippen MR) is 132 cm³/mol. The number of hydrogen-bond acceptors (Lipinski definition) is 6. The number of nitrogens with one attached hydrogen (secondary N) is 2. The second-order valence-corrected chi connectivity index (χ2v) is 10.7. The van der Waals surface area contributed by atoms with Crippen molar-refractivity contribution in [1.82, 2.24) is 14.8 Å². The summed E-state index contributed by atoms with van der Waals surface area (Å²) in [6.07, 6.45) is 3.75. The molecule has 3 aliphatic heterocycles. The molecule has 0 radical (unpaired) electrons. The molecule has 0 aliphatic carbocycles. The van der Waals surface area contributed by atoms with Crippen molar-refractivity contribution in [1.29, 1.82) is 0 Å². The van der Waals surface area contributed by atoms with Gasteiger partial charge in [-0.15, -0.1) is 23.5 Å². The molecule has 1 unspecified atom stereocenters. The number of likely N-dealkylation sites (N-methyl/N-ethyl adjacent to an activating group) is 1. The monoisotopic (exact) mass is 480 g/mol. The number of para-hydroxylation sites is 2. The topological polar surface area (TPSA) is 88.7 Å². The summed E-state index contributed by atoms with van der Waals surface area (Å²) in [4.78, 5) is 32.8. The van der Waals surface area contributed by atoms with E-state index in [9.17, 15) is 14.7 Å². The Morgan fingerprint density at radius 1 is 1.03 bits per heavy atom. The Morgan fingerprint density at radius 3 is 2.52 bits per heavy atom. The van der Waals surface area contributed by atoms with Crippen molar-refractivity contribution >= 4 is 51.9 Å². The second kappa shape index (κ2) is 6.94. The normalized spacial score (nSPS) is 32.7. The molecule has 2 aromatic carbocycles. The van der Waals surface area contributed by atoms with Crippen molar-refractivity contribution in [2.45, 2.75) is 27.9 Å². The van der Waals surface area contributed by atoms with E-state index in [1.54, 1.807) is 18.2 Å². The molecule has 6 rings (SSSR count). The van der Waals surface area contributed by atoms with E-state index < -0.39 is 27.9 Å². The highest BCUT2D eigenvalue weighted by atomic mass is 32.2. The van der Waals surface area contributed by atoms with Crippen LogP contribution in [0.4, 0.5) is 5.69 Å². The molecule has 1 aromatic heterocycles. The van der Waals surface area contributed by atoms with Crippen LogP contribution < -0.4 is 5.32 Å². The SMILES string of the molecule is CS[C@H]1C(=O)N2[C@H]3Nc4ccccc4[C@@]3(c3c[nH]c4ccccc34)C(O)[C@]2(SC)C(=O)N1C. The van der Waals surface area contributed by atoms with Crippen LogP contribution in [0.2, 0.25) is 0 Å². The Hall–Kier alpha value is -2.62. The molecule has 0 bridgehead atoms. The third kappa shape index (κ3) is 2.23. The second-order valence-electron chi connectivity index (χ2n) is 8.72. The predicted octanol–water partition coefficient (Wildman–Crippen LogP) is 2.63. The first-order valence-corrected chi connectivity index (χ1v) is 13.2. The first-order valence-electron chi connectivity index (χ1n) is 10.7. The van der Waals surface area contributed by atoms with E-state index in [1.807, 2.05) is 61.0 Å². The van der Waals surface area contributed by atoms with Crippen LogP contribution >= 0.6 is 23.5 Å². The summed E-state index contributed by atoms with van der Waals surface area (Å²) in [5.74, 6) is -0.431. The minimum absolute atomic E-state index is 0.176. The number of H-pyrrole nitrogens is 1. The van der Waals surface area contributed by atoms with Crippen LogP contribution in [0.3, 0.4) is 0 Å². The molecule has 4 heterocycles. The maximum Gasteiger partial charge on any atom is 0.263 e. The Bertz CT molecular complexity index is 1310. The fourth-order valence-electron chi connectivity index (χ4n) is 6.14. The fourth-order valence-corrected chi connectivity index (χ4v) is 7.99. The molecule has 2 fully saturated rings. The molecular weight excluding hydrogens is 456 g/mol. The van der Waals surface area contributed by atoms with Gasteiger partial charge in [0.25, 0.3) is 11.8 Å². The number of aromatic nitrogens is 1. The van der Waals surface area contributed by atoms with Crippen molar-refractivity contribution in [2.75, 3.05) is 24.9 Å². The molecule has 9 heteroatoms. The van der Waals surface area contributed by atoms with Crippen molar-refractivity contribution < 1.29 is 14.7 Å². The maximum absolute atomic E-state index is 13.9. The number of piperazine rings is 1. The van der Waals surface area contributed by atoms with Crippen LogP contribution in [-0.4, -0.2) is 73.8 Å². The van der Waals surface area contributed by atoms with E-state index in [2.05, 4.69) is 10.3 Å². The first-order chi connectivity index (χ1) is 15.9. The van der Waals surface area contributed by atoms with Crippen LogP contribution in [0.5, 0.6) is 0 Å². The van der Waals surface area contributed by atoms with Gasteiger partial charge in [0.05, 0.1) is 5.41 Å². The number of amides is 2. The number of hydrogen-bond donors (Lipinski definition) is 3. The number of aromatic amines is 1. The lowest BCUT2D eigenvalue weighted by molar-refractivity contribution is -0.160. The van der Waals surface area contributed by atoms with Gasteiger partial charge < -0.3 is 20.3 Å². The average Bonchev–Trinajstić information content (AvgIpc) is 3.46. The van der Waals surface area contributed by atoms with E-state index in [0.717, 1.165) is 27.7 Å². The van der Waals surface area contributed by atoms with Gasteiger partial charge in [-0.25, -0.2) is 0 Å². The molecular formula is C24H24N4O3S2. The highest BCUT2D eigenvalue weighted by molar-refractivity contribution is 8.01. The number of fused-ring (bicyclic) bond motifs is 6. The van der Waals surface area contributed by atoms with Gasteiger partial charge in [-0.2, -0.15) is 0 Å². The van der Waals surface area contributed by atoms with Crippen LogP contribution in [0.1, 0.15) is 11.1 Å². The quantitative estimate of drug-likeness (QED) is 0.534. The number of thioether (sulfide) groups is 2. The molecule has 2 amide bonds. The van der Waals surface area contributed by atoms with Crippen LogP contribution in [-0.2, 0) is 15.0 Å². The molecule has 33 heavy (non-hydrogen) atoms. The van der Waals surface area contributed by atoms with E-state index in [0.29, 0.717) is 0 Å². The molecule has 7 nitrogen and oxygen atoms in total. The van der Waals surface area contributed by atoms with Crippen molar-refractivity contribution in [3.05, 3.63) is 65.9 Å². The zero-order valence-electron chi connectivity index (χ0n) is 18.4. The number of benzene rings is 2. The Labute approximate surface area is 199 Å². The molecule has 0 spiro atoms. The summed E-state index contributed by atoms with van der Waals surface area (Å²) in [6.45, 7) is 0. The lowest BCUT2D eigenvalue weighted by atomic mass is 9.70. The summed E-state index contributed by atoms with van der Waals surface area (Å²) >= 11 is 2.57. The third-order valence-corrected chi connectivity index (χ3v) is 9.69. The number of carbonyl (C=O) groups is 2. The van der Waals surface area contributed by atoms with Gasteiger partial charge in [-0.3, -0.25) is 14.5 Å². The van der Waals surface area contributed by atoms with Crippen molar-refractivity contribution in [3.8, 4) is 0 Å². The largest absolute Gasteiger partial charge is 0.388 e. The highest BCUT2D eigenvalue weighted by Gasteiger charge is 2.77. The molecule has 170 valence electrons. The number of aliphatic hydroxyl groups is 1. The van der Waals surface area contributed by atoms with Gasteiger partial charge in [0, 0.05) is 29.8 Å². The van der Waals surface area contributed by atoms with Gasteiger partial charge in [0.2, 0.25) is 0 Å². The summed E-state index contributed by atoms with van der Waals surface area (Å²) < 4.78 is 0. The van der Waals surface area contributed by atoms with E-state index in [-0.39, 0.29) is 11.8 Å². The van der Waals surface area contributed by atoms with Gasteiger partial charge in [0.15, 0.2) is 10.2 Å². The van der Waals surface area contributed by atoms with E-state index >= 15 is 0 Å². The first kappa shape index (κ1) is 20.9. The summed E-state index contributed by atoms with van der Waals surface area (Å²) in [7, 11) is 1.65. The summed E-state index contributed by atoms with van der Waals surface area (Å²) in [5, 5.41) is 16.2. The summed E-state index contributed by atoms with van der Waals surface area (Å²) in [5.41, 5.74) is 2.54. The standard InChI is InChI=1S/C24H24N4O3S2/c1-27-19(32-2)18(29)28-21-23(14-9-5-7-11-17(14)26-21,20(30)24(28,33-3)22(27)31)15-12-25-16-10-6-4-8-13(15)16/h4-12,19-21,25-26,30H,1-3H3/t19-,20?,21+,23+,24-/m0/s1. The number of aliphatic hydroxyl groups excluding tert-OH is 1. The molecule has 3 N–H and O–H groups in total. The number of carbonyl (C=O) groups excluding carboxylic acids is 2. The zero-order valence-corrected chi connectivity index (χ0v) is 20.0. The van der Waals surface area contributed by atoms with Gasteiger partial charge >= 0.3 is 0 Å². The van der Waals surface area contributed by atoms with Crippen molar-refractivity contribution in [3.63, 3.8) is 0 Å². The number of nitrogens with zero attached hydrogens (tertiary/aromatic N) is 2. The van der Waals surface area contributed by atoms with Crippen LogP contribution in [0.25, 0.3) is 10.9 Å². The fraction of sp³-hybridized carbons (Fsp3) is 0.333. The average molecular weight is 481 g/mol. The lowest BCUT2D eigenvalue weighted by Crippen LogP contribution is -2.70. The van der Waals surface area contributed by atoms with Crippen molar-refractivity contribution in [2.24, 2.45) is 0 Å². The van der Waals surface area contributed by atoms with Gasteiger partial charge in [-0.1, -0.05) is 36.4 Å². The van der Waals surface area contributed by atoms with Crippen LogP contribution in [0.15, 0.2) is 54.7 Å². The Balaban J connectivity index is 1.71. The number of rotatable bonds is 3. The molecule has 0 saturated carbocycles. The molecule has 3 aliphatic rings. The molecule has 5 atom stereocenters. The molecule has 3 aromatic rings. The van der Waals surface area contributed by atoms with Gasteiger partial charge in [0.1, 0.15) is 12.3 Å². The zero-order chi connectivity index (χ0) is 23.1. The third-order valence-electron chi connectivity index (χ3n) is 7.51. The summed E-state index contributed by atoms with van der Waals surface area (Å²) in [6, 6.07) is 15.8. The molecule has 2 saturated heterocycles.